The second kappa shape index (κ2) is 8.86. The molecule has 2 aromatic carbocycles. The molecule has 6 nitrogen and oxygen atoms in total. The van der Waals surface area contributed by atoms with Gasteiger partial charge in [0.05, 0.1) is 20.1 Å². The van der Waals surface area contributed by atoms with Gasteiger partial charge in [-0.15, -0.1) is 0 Å². The summed E-state index contributed by atoms with van der Waals surface area (Å²) in [4.78, 5) is 26.5. The number of nitrogens with one attached hydrogen (secondary N) is 2. The molecule has 0 radical (unpaired) electrons. The minimum Gasteiger partial charge on any atom is -0.493 e. The summed E-state index contributed by atoms with van der Waals surface area (Å²) in [5.74, 6) is -0.531. The normalized spacial score (nSPS) is 18.1. The fourth-order valence-corrected chi connectivity index (χ4v) is 4.50. The molecular formula is C25H25FN2O4. The minimum atomic E-state index is -0.641. The number of allylic oxidation sites excluding steroid dienone is 3. The van der Waals surface area contributed by atoms with Crippen molar-refractivity contribution in [2.45, 2.75) is 32.1 Å². The number of dihydropyridines is 1. The molecule has 166 valence electrons. The van der Waals surface area contributed by atoms with Crippen LogP contribution < -0.4 is 20.1 Å². The lowest BCUT2D eigenvalue weighted by molar-refractivity contribution is -0.116. The summed E-state index contributed by atoms with van der Waals surface area (Å²) >= 11 is 0. The number of halogens is 1. The highest BCUT2D eigenvalue weighted by Gasteiger charge is 2.40. The molecule has 0 aromatic heterocycles. The van der Waals surface area contributed by atoms with Gasteiger partial charge in [-0.3, -0.25) is 9.59 Å². The van der Waals surface area contributed by atoms with Gasteiger partial charge in [-0.2, -0.15) is 0 Å². The van der Waals surface area contributed by atoms with Crippen LogP contribution >= 0.6 is 0 Å². The van der Waals surface area contributed by atoms with Crippen LogP contribution in [0.3, 0.4) is 0 Å². The average molecular weight is 436 g/mol. The Balaban J connectivity index is 1.86. The van der Waals surface area contributed by atoms with Gasteiger partial charge in [0.1, 0.15) is 5.82 Å². The highest BCUT2D eigenvalue weighted by molar-refractivity contribution is 6.10. The molecule has 1 atom stereocenters. The van der Waals surface area contributed by atoms with Crippen LogP contribution in [0.25, 0.3) is 0 Å². The summed E-state index contributed by atoms with van der Waals surface area (Å²) in [6, 6.07) is 11.1. The van der Waals surface area contributed by atoms with Gasteiger partial charge in [-0.1, -0.05) is 18.2 Å². The van der Waals surface area contributed by atoms with Crippen LogP contribution in [0.1, 0.15) is 37.7 Å². The summed E-state index contributed by atoms with van der Waals surface area (Å²) in [5.41, 5.74) is 3.42. The number of carbonyl (C=O) groups is 2. The molecule has 32 heavy (non-hydrogen) atoms. The fraction of sp³-hybridized carbons (Fsp3) is 0.280. The number of ether oxygens (including phenoxy) is 2. The van der Waals surface area contributed by atoms with Crippen LogP contribution in [0.4, 0.5) is 10.1 Å². The molecular weight excluding hydrogens is 411 g/mol. The summed E-state index contributed by atoms with van der Waals surface area (Å²) in [6.45, 7) is 1.81. The number of hydrogen-bond donors (Lipinski definition) is 2. The van der Waals surface area contributed by atoms with Crippen molar-refractivity contribution in [1.29, 1.82) is 0 Å². The van der Waals surface area contributed by atoms with E-state index in [0.29, 0.717) is 46.0 Å². The summed E-state index contributed by atoms with van der Waals surface area (Å²) < 4.78 is 24.8. The Hall–Kier alpha value is -3.61. The first-order chi connectivity index (χ1) is 15.4. The number of hydrogen-bond acceptors (Lipinski definition) is 5. The molecule has 0 bridgehead atoms. The molecule has 7 heteroatoms. The van der Waals surface area contributed by atoms with E-state index in [1.807, 2.05) is 19.1 Å². The van der Waals surface area contributed by atoms with Gasteiger partial charge in [-0.05, 0) is 44.0 Å². The molecule has 2 N–H and O–H groups in total. The smallest absolute Gasteiger partial charge is 0.254 e. The third kappa shape index (κ3) is 3.86. The van der Waals surface area contributed by atoms with E-state index in [4.69, 9.17) is 9.47 Å². The lowest BCUT2D eigenvalue weighted by Gasteiger charge is -2.35. The Morgan fingerprint density at radius 3 is 2.62 bits per heavy atom. The lowest BCUT2D eigenvalue weighted by atomic mass is 9.74. The van der Waals surface area contributed by atoms with E-state index in [1.165, 1.54) is 25.3 Å². The highest BCUT2D eigenvalue weighted by Crippen LogP contribution is 2.47. The molecule has 4 rings (SSSR count). The molecule has 0 saturated carbocycles. The molecule has 1 aliphatic carbocycles. The number of anilines is 1. The predicted octanol–water partition coefficient (Wildman–Crippen LogP) is 4.45. The monoisotopic (exact) mass is 436 g/mol. The lowest BCUT2D eigenvalue weighted by Crippen LogP contribution is -2.35. The molecule has 0 saturated heterocycles. The van der Waals surface area contributed by atoms with Crippen LogP contribution in [0.2, 0.25) is 0 Å². The molecule has 0 spiro atoms. The molecule has 2 aromatic rings. The zero-order chi connectivity index (χ0) is 22.8. The van der Waals surface area contributed by atoms with Crippen molar-refractivity contribution in [3.8, 4) is 11.5 Å². The molecule has 0 fully saturated rings. The van der Waals surface area contributed by atoms with Crippen molar-refractivity contribution in [3.05, 3.63) is 76.4 Å². The number of ketones is 1. The third-order valence-corrected chi connectivity index (χ3v) is 5.85. The Morgan fingerprint density at radius 1 is 1.12 bits per heavy atom. The first-order valence-corrected chi connectivity index (χ1v) is 10.5. The van der Waals surface area contributed by atoms with E-state index >= 15 is 0 Å². The third-order valence-electron chi connectivity index (χ3n) is 5.85. The SMILES string of the molecule is COc1cccc(C2C(C(=O)Nc3cccc(F)c3)=C(C)NC3=C2C(=O)CCC3)c1OC. The predicted molar refractivity (Wildman–Crippen MR) is 119 cm³/mol. The highest BCUT2D eigenvalue weighted by atomic mass is 19.1. The molecule has 2 aliphatic rings. The Bertz CT molecular complexity index is 1150. The second-order valence-corrected chi connectivity index (χ2v) is 7.81. The van der Waals surface area contributed by atoms with Crippen LogP contribution in [-0.2, 0) is 9.59 Å². The van der Waals surface area contributed by atoms with Crippen molar-refractivity contribution >= 4 is 17.4 Å². The molecule has 1 heterocycles. The van der Waals surface area contributed by atoms with Crippen molar-refractivity contribution in [1.82, 2.24) is 5.32 Å². The van der Waals surface area contributed by atoms with Gasteiger partial charge in [0.25, 0.3) is 5.91 Å². The van der Waals surface area contributed by atoms with Gasteiger partial charge < -0.3 is 20.1 Å². The minimum absolute atomic E-state index is 0.00261. The largest absolute Gasteiger partial charge is 0.493 e. The standard InChI is InChI=1S/C25H25FN2O4/c1-14-21(25(30)28-16-8-4-7-15(26)13-16)22(23-18(27-14)10-6-11-19(23)29)17-9-5-12-20(31-2)24(17)32-3/h4-5,7-9,12-13,22,27H,6,10-11H2,1-3H3,(H,28,30). The number of amides is 1. The number of Topliss-reactive ketones (excluding diaryl/α,β-unsaturated/α-hetero) is 1. The number of benzene rings is 2. The Kier molecular flexibility index (Phi) is 5.99. The van der Waals surface area contributed by atoms with E-state index in [2.05, 4.69) is 10.6 Å². The van der Waals surface area contributed by atoms with Crippen molar-refractivity contribution in [2.24, 2.45) is 0 Å². The summed E-state index contributed by atoms with van der Waals surface area (Å²) in [5, 5.41) is 6.05. The van der Waals surface area contributed by atoms with E-state index in [0.717, 1.165) is 18.5 Å². The maximum atomic E-state index is 13.7. The van der Waals surface area contributed by atoms with Crippen molar-refractivity contribution < 1.29 is 23.5 Å². The van der Waals surface area contributed by atoms with Gasteiger partial charge in [0.2, 0.25) is 0 Å². The first kappa shape index (κ1) is 21.6. The molecule has 1 unspecified atom stereocenters. The molecule has 1 aliphatic heterocycles. The number of para-hydroxylation sites is 1. The van der Waals surface area contributed by atoms with Crippen LogP contribution in [0.5, 0.6) is 11.5 Å². The van der Waals surface area contributed by atoms with Crippen molar-refractivity contribution in [2.75, 3.05) is 19.5 Å². The molecule has 1 amide bonds. The second-order valence-electron chi connectivity index (χ2n) is 7.81. The number of carbonyl (C=O) groups excluding carboxylic acids is 2. The van der Waals surface area contributed by atoms with Crippen LogP contribution in [0, 0.1) is 5.82 Å². The van der Waals surface area contributed by atoms with Crippen LogP contribution in [-0.4, -0.2) is 25.9 Å². The summed E-state index contributed by atoms with van der Waals surface area (Å²) in [7, 11) is 3.07. The maximum Gasteiger partial charge on any atom is 0.254 e. The Morgan fingerprint density at radius 2 is 1.91 bits per heavy atom. The Labute approximate surface area is 186 Å². The van der Waals surface area contributed by atoms with Crippen molar-refractivity contribution in [3.63, 3.8) is 0 Å². The zero-order valence-electron chi connectivity index (χ0n) is 18.3. The number of rotatable bonds is 5. The summed E-state index contributed by atoms with van der Waals surface area (Å²) in [6.07, 6.45) is 1.89. The van der Waals surface area contributed by atoms with E-state index < -0.39 is 17.6 Å². The topological polar surface area (TPSA) is 76.7 Å². The average Bonchev–Trinajstić information content (AvgIpc) is 2.77. The van der Waals surface area contributed by atoms with E-state index in [-0.39, 0.29) is 5.78 Å². The van der Waals surface area contributed by atoms with E-state index in [9.17, 15) is 14.0 Å². The van der Waals surface area contributed by atoms with Gasteiger partial charge >= 0.3 is 0 Å². The fourth-order valence-electron chi connectivity index (χ4n) is 4.50. The number of methoxy groups -OCH3 is 2. The van der Waals surface area contributed by atoms with Gasteiger partial charge in [0, 0.05) is 40.2 Å². The van der Waals surface area contributed by atoms with Gasteiger partial charge in [-0.25, -0.2) is 4.39 Å². The van der Waals surface area contributed by atoms with E-state index in [1.54, 1.807) is 19.2 Å². The van der Waals surface area contributed by atoms with Gasteiger partial charge in [0.15, 0.2) is 17.3 Å². The van der Waals surface area contributed by atoms with Crippen LogP contribution in [0.15, 0.2) is 65.0 Å². The maximum absolute atomic E-state index is 13.7. The quantitative estimate of drug-likeness (QED) is 0.724. The zero-order valence-corrected chi connectivity index (χ0v) is 18.3. The first-order valence-electron chi connectivity index (χ1n) is 10.5.